The minimum absolute atomic E-state index is 0.00917. The molecule has 0 saturated heterocycles. The largest absolute Gasteiger partial charge is 0.383 e. The molecule has 0 aliphatic heterocycles. The van der Waals surface area contributed by atoms with Crippen LogP contribution in [0.2, 0.25) is 0 Å². The molecule has 1 atom stereocenters. The second-order valence-electron chi connectivity index (χ2n) is 4.00. The first-order valence-electron chi connectivity index (χ1n) is 5.72. The topological polar surface area (TPSA) is 119 Å². The quantitative estimate of drug-likeness (QED) is 0.475. The average molecular weight is 276 g/mol. The summed E-state index contributed by atoms with van der Waals surface area (Å²) in [6.07, 6.45) is 0.491. The number of nitrogens with zero attached hydrogens (tertiary/aromatic N) is 6. The lowest BCUT2D eigenvalue weighted by atomic mass is 10.2. The lowest BCUT2D eigenvalue weighted by Gasteiger charge is -2.00. The number of benzene rings is 1. The second kappa shape index (κ2) is 5.97. The van der Waals surface area contributed by atoms with Crippen LogP contribution in [0.4, 0.5) is 5.69 Å². The number of aliphatic imine (C=N–C) groups is 1. The van der Waals surface area contributed by atoms with Crippen molar-refractivity contribution in [1.29, 1.82) is 0 Å². The minimum Gasteiger partial charge on any atom is -0.383 e. The lowest BCUT2D eigenvalue weighted by molar-refractivity contribution is -0.384. The predicted octanol–water partition coefficient (Wildman–Crippen LogP) is 0.271. The highest BCUT2D eigenvalue weighted by Crippen LogP contribution is 2.12. The summed E-state index contributed by atoms with van der Waals surface area (Å²) >= 11 is 0. The highest BCUT2D eigenvalue weighted by Gasteiger charge is 2.12. The van der Waals surface area contributed by atoms with E-state index in [2.05, 4.69) is 20.4 Å². The lowest BCUT2D eigenvalue weighted by Crippen LogP contribution is -2.05. The molecule has 2 aromatic rings. The Morgan fingerprint density at radius 3 is 3.05 bits per heavy atom. The molecule has 0 fully saturated rings. The molecule has 0 unspecified atom stereocenters. The molecule has 20 heavy (non-hydrogen) atoms. The van der Waals surface area contributed by atoms with Gasteiger partial charge >= 0.3 is 0 Å². The number of rotatable bonds is 5. The minimum atomic E-state index is -0.960. The van der Waals surface area contributed by atoms with E-state index < -0.39 is 11.0 Å². The van der Waals surface area contributed by atoms with E-state index in [1.54, 1.807) is 19.2 Å². The summed E-state index contributed by atoms with van der Waals surface area (Å²) in [6, 6.07) is 6.05. The molecular formula is C11H12N6O3. The van der Waals surface area contributed by atoms with Gasteiger partial charge in [0.05, 0.1) is 18.5 Å². The van der Waals surface area contributed by atoms with Crippen LogP contribution in [0.25, 0.3) is 0 Å². The van der Waals surface area contributed by atoms with Crippen LogP contribution in [0.5, 0.6) is 0 Å². The van der Waals surface area contributed by atoms with Crippen molar-refractivity contribution in [3.05, 3.63) is 45.8 Å². The van der Waals surface area contributed by atoms with Gasteiger partial charge in [-0.1, -0.05) is 12.1 Å². The summed E-state index contributed by atoms with van der Waals surface area (Å²) in [6.45, 7) is 0.0500. The van der Waals surface area contributed by atoms with E-state index in [-0.39, 0.29) is 18.1 Å². The summed E-state index contributed by atoms with van der Waals surface area (Å²) in [4.78, 5) is 15.4. The molecule has 0 bridgehead atoms. The van der Waals surface area contributed by atoms with Crippen molar-refractivity contribution in [2.24, 2.45) is 12.0 Å². The van der Waals surface area contributed by atoms with Crippen molar-refractivity contribution >= 4 is 11.9 Å². The van der Waals surface area contributed by atoms with Gasteiger partial charge in [0.2, 0.25) is 5.82 Å². The van der Waals surface area contributed by atoms with E-state index in [9.17, 15) is 15.2 Å². The maximum absolute atomic E-state index is 10.6. The van der Waals surface area contributed by atoms with Crippen molar-refractivity contribution in [2.45, 2.75) is 6.10 Å². The van der Waals surface area contributed by atoms with Crippen LogP contribution in [0, 0.1) is 10.1 Å². The van der Waals surface area contributed by atoms with Gasteiger partial charge in [0.25, 0.3) is 5.69 Å². The van der Waals surface area contributed by atoms with E-state index in [0.29, 0.717) is 5.56 Å². The number of aryl methyl sites for hydroxylation is 1. The molecule has 104 valence electrons. The van der Waals surface area contributed by atoms with E-state index in [4.69, 9.17) is 0 Å². The SMILES string of the molecule is Cn1nnc([C@@H](O)CN=Cc2cccc([N+](=O)[O-])c2)n1. The van der Waals surface area contributed by atoms with Crippen LogP contribution in [-0.2, 0) is 7.05 Å². The predicted molar refractivity (Wildman–Crippen MR) is 69.3 cm³/mol. The molecule has 0 aliphatic carbocycles. The third-order valence-corrected chi connectivity index (χ3v) is 2.42. The third-order valence-electron chi connectivity index (χ3n) is 2.42. The number of aliphatic hydroxyl groups is 1. The van der Waals surface area contributed by atoms with Crippen LogP contribution in [0.1, 0.15) is 17.5 Å². The van der Waals surface area contributed by atoms with Gasteiger partial charge in [-0.05, 0) is 10.8 Å². The van der Waals surface area contributed by atoms with E-state index >= 15 is 0 Å². The molecule has 9 heteroatoms. The maximum Gasteiger partial charge on any atom is 0.270 e. The number of aromatic nitrogens is 4. The van der Waals surface area contributed by atoms with Gasteiger partial charge < -0.3 is 5.11 Å². The molecule has 1 aromatic heterocycles. The Labute approximate surface area is 113 Å². The van der Waals surface area contributed by atoms with E-state index in [0.717, 1.165) is 0 Å². The number of hydrogen-bond donors (Lipinski definition) is 1. The van der Waals surface area contributed by atoms with Crippen molar-refractivity contribution in [1.82, 2.24) is 20.2 Å². The third kappa shape index (κ3) is 3.42. The van der Waals surface area contributed by atoms with Crippen molar-refractivity contribution in [2.75, 3.05) is 6.54 Å². The molecule has 9 nitrogen and oxygen atoms in total. The molecule has 2 rings (SSSR count). The molecule has 0 saturated carbocycles. The van der Waals surface area contributed by atoms with Crippen molar-refractivity contribution < 1.29 is 10.0 Å². The summed E-state index contributed by atoms with van der Waals surface area (Å²) < 4.78 is 0. The fourth-order valence-corrected chi connectivity index (χ4v) is 1.49. The first-order valence-corrected chi connectivity index (χ1v) is 5.72. The van der Waals surface area contributed by atoms with Crippen LogP contribution >= 0.6 is 0 Å². The molecule has 0 radical (unpaired) electrons. The Balaban J connectivity index is 1.99. The molecule has 1 N–H and O–H groups in total. The zero-order chi connectivity index (χ0) is 14.5. The van der Waals surface area contributed by atoms with Crippen LogP contribution in [-0.4, -0.2) is 43.0 Å². The Morgan fingerprint density at radius 2 is 2.40 bits per heavy atom. The number of nitro groups is 1. The zero-order valence-corrected chi connectivity index (χ0v) is 10.6. The van der Waals surface area contributed by atoms with Crippen molar-refractivity contribution in [3.63, 3.8) is 0 Å². The van der Waals surface area contributed by atoms with E-state index in [1.807, 2.05) is 0 Å². The highest BCUT2D eigenvalue weighted by molar-refractivity contribution is 5.80. The second-order valence-corrected chi connectivity index (χ2v) is 4.00. The van der Waals surface area contributed by atoms with Gasteiger partial charge in [0.15, 0.2) is 0 Å². The highest BCUT2D eigenvalue weighted by atomic mass is 16.6. The zero-order valence-electron chi connectivity index (χ0n) is 10.6. The summed E-state index contributed by atoms with van der Waals surface area (Å²) in [5.41, 5.74) is 0.573. The van der Waals surface area contributed by atoms with Crippen LogP contribution in [0.3, 0.4) is 0 Å². The summed E-state index contributed by atoms with van der Waals surface area (Å²) in [7, 11) is 1.59. The van der Waals surface area contributed by atoms with Gasteiger partial charge in [-0.15, -0.1) is 10.2 Å². The molecular weight excluding hydrogens is 264 g/mol. The maximum atomic E-state index is 10.6. The first kappa shape index (κ1) is 13.7. The Hall–Kier alpha value is -2.68. The van der Waals surface area contributed by atoms with Gasteiger partial charge in [0.1, 0.15) is 6.10 Å². The van der Waals surface area contributed by atoms with Crippen molar-refractivity contribution in [3.8, 4) is 0 Å². The number of non-ortho nitro benzene ring substituents is 1. The van der Waals surface area contributed by atoms with Crippen LogP contribution in [0.15, 0.2) is 29.3 Å². The van der Waals surface area contributed by atoms with E-state index in [1.165, 1.54) is 23.1 Å². The smallest absolute Gasteiger partial charge is 0.270 e. The Kier molecular flexibility index (Phi) is 4.11. The van der Waals surface area contributed by atoms with Gasteiger partial charge in [-0.25, -0.2) is 0 Å². The summed E-state index contributed by atoms with van der Waals surface area (Å²) in [5, 5.41) is 31.5. The fraction of sp³-hybridized carbons (Fsp3) is 0.273. The standard InChI is InChI=1S/C11H12N6O3/c1-16-14-11(13-15-16)10(18)7-12-6-8-3-2-4-9(5-8)17(19)20/h2-6,10,18H,7H2,1H3/t10-/m0/s1. The number of nitro benzene ring substituents is 1. The molecule has 1 aromatic carbocycles. The molecule has 1 heterocycles. The normalized spacial score (nSPS) is 12.7. The van der Waals surface area contributed by atoms with Gasteiger partial charge in [0, 0.05) is 18.3 Å². The monoisotopic (exact) mass is 276 g/mol. The molecule has 0 aliphatic rings. The Bertz CT molecular complexity index is 639. The Morgan fingerprint density at radius 1 is 1.60 bits per heavy atom. The fourth-order valence-electron chi connectivity index (χ4n) is 1.49. The van der Waals surface area contributed by atoms with Gasteiger partial charge in [-0.3, -0.25) is 15.1 Å². The molecule has 0 spiro atoms. The number of tetrazole rings is 1. The van der Waals surface area contributed by atoms with Crippen LogP contribution < -0.4 is 0 Å². The number of aliphatic hydroxyl groups excluding tert-OH is 1. The average Bonchev–Trinajstić information content (AvgIpc) is 2.86. The number of hydrogen-bond acceptors (Lipinski definition) is 7. The molecule has 0 amide bonds. The van der Waals surface area contributed by atoms with Gasteiger partial charge in [-0.2, -0.15) is 4.80 Å². The summed E-state index contributed by atoms with van der Waals surface area (Å²) in [5.74, 6) is 0.184. The first-order chi connectivity index (χ1) is 9.56.